The van der Waals surface area contributed by atoms with Crippen molar-refractivity contribution in [1.82, 2.24) is 14.9 Å². The molecule has 1 heterocycles. The van der Waals surface area contributed by atoms with Gasteiger partial charge in [-0.25, -0.2) is 4.98 Å². The van der Waals surface area contributed by atoms with Crippen molar-refractivity contribution in [1.29, 1.82) is 0 Å². The Balaban J connectivity index is 1.87. The number of rotatable bonds is 6. The van der Waals surface area contributed by atoms with E-state index in [0.29, 0.717) is 17.1 Å². The molecule has 0 radical (unpaired) electrons. The molecule has 10 heteroatoms. The van der Waals surface area contributed by atoms with Gasteiger partial charge in [-0.05, 0) is 24.3 Å². The fourth-order valence-corrected chi connectivity index (χ4v) is 2.93. The van der Waals surface area contributed by atoms with Crippen LogP contribution in [0.4, 0.5) is 13.2 Å². The van der Waals surface area contributed by atoms with E-state index in [9.17, 15) is 22.8 Å². The molecule has 0 atom stereocenters. The van der Waals surface area contributed by atoms with Crippen molar-refractivity contribution >= 4 is 16.9 Å². The molecule has 1 amide bonds. The Morgan fingerprint density at radius 3 is 2.53 bits per heavy atom. The van der Waals surface area contributed by atoms with Crippen molar-refractivity contribution < 1.29 is 27.4 Å². The maximum atomic E-state index is 13.2. The summed E-state index contributed by atoms with van der Waals surface area (Å²) in [6.45, 7) is -0.542. The van der Waals surface area contributed by atoms with Crippen molar-refractivity contribution in [3.8, 4) is 11.5 Å². The zero-order chi connectivity index (χ0) is 21.9. The number of nitrogens with zero attached hydrogens (tertiary/aromatic N) is 2. The zero-order valence-corrected chi connectivity index (χ0v) is 16.1. The maximum Gasteiger partial charge on any atom is 0.438 e. The molecule has 1 N–H and O–H groups in total. The SMILES string of the molecule is COc1ccc(CNC(=O)Cn2c(=O)c(C(F)(F)F)nc3ccccc32)c(OC)c1. The van der Waals surface area contributed by atoms with Gasteiger partial charge in [0.2, 0.25) is 11.6 Å². The topological polar surface area (TPSA) is 82.5 Å². The molecule has 0 unspecified atom stereocenters. The smallest absolute Gasteiger partial charge is 0.438 e. The van der Waals surface area contributed by atoms with Crippen LogP contribution in [-0.4, -0.2) is 29.7 Å². The lowest BCUT2D eigenvalue weighted by molar-refractivity contribution is -0.142. The summed E-state index contributed by atoms with van der Waals surface area (Å²) >= 11 is 0. The van der Waals surface area contributed by atoms with E-state index in [1.54, 1.807) is 24.3 Å². The summed E-state index contributed by atoms with van der Waals surface area (Å²) in [6, 6.07) is 10.8. The van der Waals surface area contributed by atoms with Gasteiger partial charge in [-0.3, -0.25) is 14.2 Å². The molecule has 30 heavy (non-hydrogen) atoms. The molecule has 0 bridgehead atoms. The number of ether oxygens (including phenoxy) is 2. The first-order chi connectivity index (χ1) is 14.2. The van der Waals surface area contributed by atoms with E-state index in [1.165, 1.54) is 32.4 Å². The van der Waals surface area contributed by atoms with Crippen molar-refractivity contribution in [2.45, 2.75) is 19.3 Å². The molecular formula is C20H18F3N3O4. The van der Waals surface area contributed by atoms with Crippen LogP contribution in [0, 0.1) is 0 Å². The second-order valence-corrected chi connectivity index (χ2v) is 6.29. The summed E-state index contributed by atoms with van der Waals surface area (Å²) < 4.78 is 50.7. The lowest BCUT2D eigenvalue weighted by atomic mass is 10.2. The highest BCUT2D eigenvalue weighted by Crippen LogP contribution is 2.26. The van der Waals surface area contributed by atoms with Crippen LogP contribution in [0.15, 0.2) is 47.3 Å². The van der Waals surface area contributed by atoms with Gasteiger partial charge in [0.05, 0.1) is 25.3 Å². The van der Waals surface area contributed by atoms with Crippen molar-refractivity contribution in [3.05, 3.63) is 64.1 Å². The molecule has 0 spiro atoms. The normalized spacial score (nSPS) is 11.4. The Morgan fingerprint density at radius 2 is 1.87 bits per heavy atom. The van der Waals surface area contributed by atoms with E-state index >= 15 is 0 Å². The molecule has 7 nitrogen and oxygen atoms in total. The molecule has 0 fully saturated rings. The average Bonchev–Trinajstić information content (AvgIpc) is 2.73. The number of para-hydroxylation sites is 2. The highest BCUT2D eigenvalue weighted by molar-refractivity contribution is 5.80. The number of carbonyl (C=O) groups excluding carboxylic acids is 1. The number of carbonyl (C=O) groups is 1. The average molecular weight is 421 g/mol. The number of hydrogen-bond acceptors (Lipinski definition) is 5. The van der Waals surface area contributed by atoms with Crippen molar-refractivity contribution in [2.24, 2.45) is 0 Å². The van der Waals surface area contributed by atoms with Crippen LogP contribution >= 0.6 is 0 Å². The van der Waals surface area contributed by atoms with Crippen LogP contribution in [0.3, 0.4) is 0 Å². The summed E-state index contributed by atoms with van der Waals surface area (Å²) in [5.41, 5.74) is -2.21. The van der Waals surface area contributed by atoms with E-state index < -0.39 is 29.9 Å². The lowest BCUT2D eigenvalue weighted by Crippen LogP contribution is -2.36. The molecule has 0 saturated carbocycles. The second-order valence-electron chi connectivity index (χ2n) is 6.29. The molecule has 0 aliphatic rings. The Labute approximate surface area is 169 Å². The number of fused-ring (bicyclic) bond motifs is 1. The molecular weight excluding hydrogens is 403 g/mol. The van der Waals surface area contributed by atoms with Gasteiger partial charge in [-0.1, -0.05) is 12.1 Å². The Morgan fingerprint density at radius 1 is 1.13 bits per heavy atom. The summed E-state index contributed by atoms with van der Waals surface area (Å²) in [5.74, 6) is 0.399. The Kier molecular flexibility index (Phi) is 5.95. The highest BCUT2D eigenvalue weighted by Gasteiger charge is 2.37. The van der Waals surface area contributed by atoms with Crippen LogP contribution in [0.25, 0.3) is 11.0 Å². The first-order valence-electron chi connectivity index (χ1n) is 8.79. The van der Waals surface area contributed by atoms with Crippen LogP contribution in [-0.2, 0) is 24.1 Å². The molecule has 3 aromatic rings. The van der Waals surface area contributed by atoms with Crippen LogP contribution in [0.5, 0.6) is 11.5 Å². The van der Waals surface area contributed by atoms with Crippen molar-refractivity contribution in [3.63, 3.8) is 0 Å². The van der Waals surface area contributed by atoms with Gasteiger partial charge in [-0.15, -0.1) is 0 Å². The number of nitrogens with one attached hydrogen (secondary N) is 1. The Hall–Kier alpha value is -3.56. The minimum absolute atomic E-state index is 0.0333. The van der Waals surface area contributed by atoms with Crippen LogP contribution < -0.4 is 20.3 Å². The number of benzene rings is 2. The van der Waals surface area contributed by atoms with E-state index in [0.717, 1.165) is 4.57 Å². The molecule has 158 valence electrons. The van der Waals surface area contributed by atoms with Crippen molar-refractivity contribution in [2.75, 3.05) is 14.2 Å². The number of alkyl halides is 3. The molecule has 0 aliphatic heterocycles. The quantitative estimate of drug-likeness (QED) is 0.662. The minimum Gasteiger partial charge on any atom is -0.497 e. The van der Waals surface area contributed by atoms with Gasteiger partial charge < -0.3 is 14.8 Å². The second kappa shape index (κ2) is 8.44. The van der Waals surface area contributed by atoms with Gasteiger partial charge >= 0.3 is 6.18 Å². The Bertz CT molecular complexity index is 1140. The predicted octanol–water partition coefficient (Wildman–Crippen LogP) is 2.75. The highest BCUT2D eigenvalue weighted by atomic mass is 19.4. The fourth-order valence-electron chi connectivity index (χ4n) is 2.93. The first kappa shape index (κ1) is 21.2. The van der Waals surface area contributed by atoms with Crippen LogP contribution in [0.1, 0.15) is 11.3 Å². The summed E-state index contributed by atoms with van der Waals surface area (Å²) in [4.78, 5) is 28.2. The molecule has 1 aromatic heterocycles. The number of hydrogen-bond donors (Lipinski definition) is 1. The maximum absolute atomic E-state index is 13.2. The van der Waals surface area contributed by atoms with E-state index in [4.69, 9.17) is 9.47 Å². The van der Waals surface area contributed by atoms with E-state index in [-0.39, 0.29) is 17.6 Å². The van der Waals surface area contributed by atoms with E-state index in [1.807, 2.05) is 0 Å². The lowest BCUT2D eigenvalue weighted by Gasteiger charge is -2.14. The number of methoxy groups -OCH3 is 2. The third-order valence-corrected chi connectivity index (χ3v) is 4.39. The summed E-state index contributed by atoms with van der Waals surface area (Å²) in [6.07, 6.45) is -4.93. The predicted molar refractivity (Wildman–Crippen MR) is 102 cm³/mol. The zero-order valence-electron chi connectivity index (χ0n) is 16.1. The number of halogens is 3. The minimum atomic E-state index is -4.93. The van der Waals surface area contributed by atoms with Crippen LogP contribution in [0.2, 0.25) is 0 Å². The molecule has 2 aromatic carbocycles. The number of aromatic nitrogens is 2. The van der Waals surface area contributed by atoms with Gasteiger partial charge in [0.1, 0.15) is 18.0 Å². The monoisotopic (exact) mass is 421 g/mol. The molecule has 3 rings (SSSR count). The summed E-state index contributed by atoms with van der Waals surface area (Å²) in [7, 11) is 2.96. The molecule has 0 aliphatic carbocycles. The standard InChI is InChI=1S/C20H18F3N3O4/c1-29-13-8-7-12(16(9-13)30-2)10-24-17(27)11-26-15-6-4-3-5-14(15)25-18(19(26)28)20(21,22)23/h3-9H,10-11H2,1-2H3,(H,24,27). The number of amides is 1. The van der Waals surface area contributed by atoms with Gasteiger partial charge in [0.15, 0.2) is 0 Å². The summed E-state index contributed by atoms with van der Waals surface area (Å²) in [5, 5.41) is 2.59. The van der Waals surface area contributed by atoms with Gasteiger partial charge in [0, 0.05) is 18.2 Å². The fraction of sp³-hybridized carbons (Fsp3) is 0.250. The van der Waals surface area contributed by atoms with Gasteiger partial charge in [0.25, 0.3) is 5.56 Å². The largest absolute Gasteiger partial charge is 0.497 e. The third-order valence-electron chi connectivity index (χ3n) is 4.39. The van der Waals surface area contributed by atoms with E-state index in [2.05, 4.69) is 10.3 Å². The first-order valence-corrected chi connectivity index (χ1v) is 8.79. The third kappa shape index (κ3) is 4.37. The molecule has 0 saturated heterocycles. The van der Waals surface area contributed by atoms with Gasteiger partial charge in [-0.2, -0.15) is 13.2 Å².